The van der Waals surface area contributed by atoms with Gasteiger partial charge in [-0.1, -0.05) is 0 Å². The lowest BCUT2D eigenvalue weighted by Gasteiger charge is -2.21. The first-order valence-electron chi connectivity index (χ1n) is 6.25. The largest absolute Gasteiger partial charge is 0.382 e. The highest BCUT2D eigenvalue weighted by Gasteiger charge is 2.16. The summed E-state index contributed by atoms with van der Waals surface area (Å²) in [4.78, 5) is 11.6. The molecule has 1 aliphatic rings. The van der Waals surface area contributed by atoms with E-state index in [1.54, 1.807) is 0 Å². The Labute approximate surface area is 97.7 Å². The Morgan fingerprint density at radius 2 is 2.19 bits per heavy atom. The van der Waals surface area contributed by atoms with Gasteiger partial charge < -0.3 is 14.8 Å². The highest BCUT2D eigenvalue weighted by Crippen LogP contribution is 2.17. The molecular weight excluding hydrogens is 206 g/mol. The summed E-state index contributed by atoms with van der Waals surface area (Å²) in [6, 6.07) is 0. The van der Waals surface area contributed by atoms with Crippen molar-refractivity contribution in [2.45, 2.75) is 32.6 Å². The minimum absolute atomic E-state index is 0.170. The Kier molecular flexibility index (Phi) is 7.17. The zero-order valence-corrected chi connectivity index (χ0v) is 10.2. The zero-order chi connectivity index (χ0) is 11.6. The van der Waals surface area contributed by atoms with Crippen LogP contribution >= 0.6 is 0 Å². The van der Waals surface area contributed by atoms with Gasteiger partial charge in [0, 0.05) is 39.4 Å². The van der Waals surface area contributed by atoms with E-state index in [1.165, 1.54) is 0 Å². The molecule has 1 rings (SSSR count). The summed E-state index contributed by atoms with van der Waals surface area (Å²) in [6.45, 7) is 5.79. The monoisotopic (exact) mass is 229 g/mol. The number of carbonyl (C=O) groups is 1. The van der Waals surface area contributed by atoms with Gasteiger partial charge in [0.25, 0.3) is 0 Å². The molecule has 0 aliphatic carbocycles. The van der Waals surface area contributed by atoms with Crippen LogP contribution in [0.1, 0.15) is 32.6 Å². The van der Waals surface area contributed by atoms with Gasteiger partial charge >= 0.3 is 0 Å². The number of hydrogen-bond donors (Lipinski definition) is 1. The van der Waals surface area contributed by atoms with Gasteiger partial charge in [0.2, 0.25) is 5.91 Å². The van der Waals surface area contributed by atoms with E-state index < -0.39 is 0 Å². The molecule has 0 unspecified atom stereocenters. The van der Waals surface area contributed by atoms with Crippen molar-refractivity contribution in [1.29, 1.82) is 0 Å². The number of carbonyl (C=O) groups excluding carboxylic acids is 1. The molecule has 0 aromatic carbocycles. The summed E-state index contributed by atoms with van der Waals surface area (Å²) in [5.74, 6) is 0.684. The van der Waals surface area contributed by atoms with Crippen molar-refractivity contribution >= 4 is 5.91 Å². The Hall–Kier alpha value is -0.610. The maximum atomic E-state index is 11.6. The second-order valence-corrected chi connectivity index (χ2v) is 4.16. The third kappa shape index (κ3) is 6.08. The molecule has 0 aromatic heterocycles. The second-order valence-electron chi connectivity index (χ2n) is 4.16. The Morgan fingerprint density at radius 3 is 2.88 bits per heavy atom. The third-order valence-electron chi connectivity index (χ3n) is 2.81. The molecule has 0 radical (unpaired) electrons. The molecule has 4 heteroatoms. The van der Waals surface area contributed by atoms with E-state index >= 15 is 0 Å². The van der Waals surface area contributed by atoms with Crippen LogP contribution in [0.4, 0.5) is 0 Å². The summed E-state index contributed by atoms with van der Waals surface area (Å²) < 4.78 is 10.5. The molecule has 1 fully saturated rings. The van der Waals surface area contributed by atoms with Gasteiger partial charge in [0.1, 0.15) is 0 Å². The van der Waals surface area contributed by atoms with Crippen LogP contribution in [0.15, 0.2) is 0 Å². The molecule has 1 saturated heterocycles. The number of hydrogen-bond acceptors (Lipinski definition) is 3. The maximum absolute atomic E-state index is 11.6. The average Bonchev–Trinajstić information content (AvgIpc) is 2.30. The summed E-state index contributed by atoms with van der Waals surface area (Å²) in [7, 11) is 0. The molecule has 1 amide bonds. The van der Waals surface area contributed by atoms with Crippen LogP contribution in [0.25, 0.3) is 0 Å². The molecule has 1 heterocycles. The van der Waals surface area contributed by atoms with Crippen molar-refractivity contribution in [3.8, 4) is 0 Å². The van der Waals surface area contributed by atoms with Crippen molar-refractivity contribution in [1.82, 2.24) is 5.32 Å². The average molecular weight is 229 g/mol. The fraction of sp³-hybridized carbons (Fsp3) is 0.917. The highest BCUT2D eigenvalue weighted by atomic mass is 16.5. The minimum Gasteiger partial charge on any atom is -0.382 e. The van der Waals surface area contributed by atoms with Gasteiger partial charge in [-0.2, -0.15) is 0 Å². The molecule has 1 aliphatic heterocycles. The van der Waals surface area contributed by atoms with Crippen LogP contribution in [0.2, 0.25) is 0 Å². The smallest absolute Gasteiger partial charge is 0.220 e. The van der Waals surface area contributed by atoms with Gasteiger partial charge in [0.15, 0.2) is 0 Å². The first-order chi connectivity index (χ1) is 7.83. The molecule has 94 valence electrons. The van der Waals surface area contributed by atoms with E-state index in [-0.39, 0.29) is 5.91 Å². The van der Waals surface area contributed by atoms with Crippen molar-refractivity contribution < 1.29 is 14.3 Å². The van der Waals surface area contributed by atoms with E-state index in [2.05, 4.69) is 5.32 Å². The number of ether oxygens (including phenoxy) is 2. The topological polar surface area (TPSA) is 47.6 Å². The molecule has 0 atom stereocenters. The Bertz CT molecular complexity index is 191. The molecule has 1 N–H and O–H groups in total. The lowest BCUT2D eigenvalue weighted by atomic mass is 9.96. The van der Waals surface area contributed by atoms with Crippen LogP contribution in [0, 0.1) is 5.92 Å². The first kappa shape index (κ1) is 13.5. The van der Waals surface area contributed by atoms with Gasteiger partial charge in [-0.3, -0.25) is 4.79 Å². The van der Waals surface area contributed by atoms with E-state index in [0.29, 0.717) is 12.3 Å². The fourth-order valence-electron chi connectivity index (χ4n) is 1.83. The fourth-order valence-corrected chi connectivity index (χ4v) is 1.83. The number of rotatable bonds is 7. The van der Waals surface area contributed by atoms with Gasteiger partial charge in [-0.05, 0) is 32.1 Å². The normalized spacial score (nSPS) is 17.3. The van der Waals surface area contributed by atoms with Crippen LogP contribution < -0.4 is 5.32 Å². The SMILES string of the molecule is CCOCCCNC(=O)CC1CCOCC1. The van der Waals surface area contributed by atoms with Crippen molar-refractivity contribution in [3.63, 3.8) is 0 Å². The molecule has 0 spiro atoms. The van der Waals surface area contributed by atoms with Crippen molar-refractivity contribution in [2.75, 3.05) is 33.0 Å². The van der Waals surface area contributed by atoms with E-state index in [1.807, 2.05) is 6.92 Å². The zero-order valence-electron chi connectivity index (χ0n) is 10.2. The summed E-state index contributed by atoms with van der Waals surface area (Å²) in [5, 5.41) is 2.93. The minimum atomic E-state index is 0.170. The van der Waals surface area contributed by atoms with E-state index in [0.717, 1.165) is 52.2 Å². The lowest BCUT2D eigenvalue weighted by Crippen LogP contribution is -2.29. The second kappa shape index (κ2) is 8.53. The van der Waals surface area contributed by atoms with Crippen molar-refractivity contribution in [3.05, 3.63) is 0 Å². The van der Waals surface area contributed by atoms with E-state index in [4.69, 9.17) is 9.47 Å². The maximum Gasteiger partial charge on any atom is 0.220 e. The lowest BCUT2D eigenvalue weighted by molar-refractivity contribution is -0.122. The Morgan fingerprint density at radius 1 is 1.44 bits per heavy atom. The predicted molar refractivity (Wildman–Crippen MR) is 62.3 cm³/mol. The van der Waals surface area contributed by atoms with Crippen LogP contribution in [0.3, 0.4) is 0 Å². The molecular formula is C12H23NO3. The van der Waals surface area contributed by atoms with Gasteiger partial charge in [-0.25, -0.2) is 0 Å². The number of nitrogens with one attached hydrogen (secondary N) is 1. The highest BCUT2D eigenvalue weighted by molar-refractivity contribution is 5.76. The third-order valence-corrected chi connectivity index (χ3v) is 2.81. The first-order valence-corrected chi connectivity index (χ1v) is 6.25. The molecule has 0 bridgehead atoms. The molecule has 0 aromatic rings. The molecule has 16 heavy (non-hydrogen) atoms. The standard InChI is InChI=1S/C12H23NO3/c1-2-15-7-3-6-13-12(14)10-11-4-8-16-9-5-11/h11H,2-10H2,1H3,(H,13,14). The summed E-state index contributed by atoms with van der Waals surface area (Å²) >= 11 is 0. The Balaban J connectivity index is 1.97. The summed E-state index contributed by atoms with van der Waals surface area (Å²) in [6.07, 6.45) is 3.59. The van der Waals surface area contributed by atoms with Crippen LogP contribution in [-0.4, -0.2) is 38.9 Å². The molecule has 4 nitrogen and oxygen atoms in total. The van der Waals surface area contributed by atoms with Gasteiger partial charge in [-0.15, -0.1) is 0 Å². The van der Waals surface area contributed by atoms with E-state index in [9.17, 15) is 4.79 Å². The quantitative estimate of drug-likeness (QED) is 0.670. The van der Waals surface area contributed by atoms with Crippen LogP contribution in [0.5, 0.6) is 0 Å². The predicted octanol–water partition coefficient (Wildman–Crippen LogP) is 1.35. The van der Waals surface area contributed by atoms with Gasteiger partial charge in [0.05, 0.1) is 0 Å². The number of amides is 1. The summed E-state index contributed by atoms with van der Waals surface area (Å²) in [5.41, 5.74) is 0. The van der Waals surface area contributed by atoms with Crippen LogP contribution in [-0.2, 0) is 14.3 Å². The van der Waals surface area contributed by atoms with Crippen molar-refractivity contribution in [2.24, 2.45) is 5.92 Å². The molecule has 0 saturated carbocycles.